The van der Waals surface area contributed by atoms with Crippen LogP contribution in [0.5, 0.6) is 0 Å². The zero-order valence-electron chi connectivity index (χ0n) is 9.14. The van der Waals surface area contributed by atoms with Crippen molar-refractivity contribution in [3.8, 4) is 0 Å². The van der Waals surface area contributed by atoms with Gasteiger partial charge < -0.3 is 9.84 Å². The van der Waals surface area contributed by atoms with Crippen LogP contribution in [0.3, 0.4) is 0 Å². The molecule has 0 amide bonds. The molecule has 2 rings (SSSR count). The van der Waals surface area contributed by atoms with Crippen molar-refractivity contribution in [2.24, 2.45) is 0 Å². The molecule has 2 atom stereocenters. The molecule has 92 valence electrons. The summed E-state index contributed by atoms with van der Waals surface area (Å²) in [5.41, 5.74) is 0. The number of hydrogen-bond donors (Lipinski definition) is 1. The van der Waals surface area contributed by atoms with Gasteiger partial charge in [-0.1, -0.05) is 15.9 Å². The van der Waals surface area contributed by atoms with E-state index in [0.717, 1.165) is 16.6 Å². The van der Waals surface area contributed by atoms with Gasteiger partial charge in [-0.2, -0.15) is 0 Å². The van der Waals surface area contributed by atoms with Crippen molar-refractivity contribution in [3.63, 3.8) is 0 Å². The molecule has 0 radical (unpaired) electrons. The summed E-state index contributed by atoms with van der Waals surface area (Å²) in [7, 11) is 0. The number of rotatable bonds is 4. The van der Waals surface area contributed by atoms with E-state index in [4.69, 9.17) is 9.84 Å². The number of hydrogen-bond acceptors (Lipinski definition) is 3. The fraction of sp³-hybridized carbons (Fsp3) is 0.417. The third kappa shape index (κ3) is 3.72. The minimum atomic E-state index is -0.846. The van der Waals surface area contributed by atoms with Gasteiger partial charge in [0.25, 0.3) is 0 Å². The molecule has 1 saturated heterocycles. The van der Waals surface area contributed by atoms with Gasteiger partial charge >= 0.3 is 5.97 Å². The third-order valence-corrected chi connectivity index (χ3v) is 4.31. The lowest BCUT2D eigenvalue weighted by Gasteiger charge is -2.10. The molecule has 0 bridgehead atoms. The largest absolute Gasteiger partial charge is 0.479 e. The van der Waals surface area contributed by atoms with Crippen LogP contribution in [0.15, 0.2) is 33.6 Å². The van der Waals surface area contributed by atoms with E-state index in [2.05, 4.69) is 15.9 Å². The van der Waals surface area contributed by atoms with E-state index in [-0.39, 0.29) is 6.10 Å². The van der Waals surface area contributed by atoms with Crippen molar-refractivity contribution >= 4 is 33.7 Å². The van der Waals surface area contributed by atoms with Gasteiger partial charge in [0.15, 0.2) is 6.10 Å². The molecule has 1 heterocycles. The Balaban J connectivity index is 1.80. The Labute approximate surface area is 113 Å². The van der Waals surface area contributed by atoms with Crippen molar-refractivity contribution in [1.82, 2.24) is 0 Å². The molecule has 1 aromatic rings. The third-order valence-electron chi connectivity index (χ3n) is 2.63. The first-order valence-corrected chi connectivity index (χ1v) is 7.19. The lowest BCUT2D eigenvalue weighted by atomic mass is 10.2. The highest BCUT2D eigenvalue weighted by Gasteiger charge is 2.30. The Bertz CT molecular complexity index is 393. The van der Waals surface area contributed by atoms with Crippen LogP contribution in [0.25, 0.3) is 0 Å². The van der Waals surface area contributed by atoms with Crippen molar-refractivity contribution in [1.29, 1.82) is 0 Å². The van der Waals surface area contributed by atoms with E-state index >= 15 is 0 Å². The van der Waals surface area contributed by atoms with Crippen LogP contribution in [0.2, 0.25) is 0 Å². The summed E-state index contributed by atoms with van der Waals surface area (Å²) in [6, 6.07) is 8.08. The molecule has 2 unspecified atom stereocenters. The van der Waals surface area contributed by atoms with Crippen LogP contribution in [0.1, 0.15) is 12.8 Å². The Morgan fingerprint density at radius 1 is 1.41 bits per heavy atom. The summed E-state index contributed by atoms with van der Waals surface area (Å²) >= 11 is 5.09. The fourth-order valence-corrected chi connectivity index (χ4v) is 2.95. The molecule has 0 aliphatic carbocycles. The summed E-state index contributed by atoms with van der Waals surface area (Å²) in [4.78, 5) is 11.9. The molecule has 0 aromatic heterocycles. The maximum absolute atomic E-state index is 10.7. The van der Waals surface area contributed by atoms with E-state index in [1.807, 2.05) is 24.3 Å². The predicted molar refractivity (Wildman–Crippen MR) is 70.4 cm³/mol. The summed E-state index contributed by atoms with van der Waals surface area (Å²) < 4.78 is 6.50. The number of ether oxygens (including phenoxy) is 1. The second kappa shape index (κ2) is 5.89. The Morgan fingerprint density at radius 2 is 2.12 bits per heavy atom. The maximum Gasteiger partial charge on any atom is 0.332 e. The van der Waals surface area contributed by atoms with Gasteiger partial charge in [-0.25, -0.2) is 4.79 Å². The quantitative estimate of drug-likeness (QED) is 0.867. The lowest BCUT2D eigenvalue weighted by molar-refractivity contribution is -0.148. The highest BCUT2D eigenvalue weighted by molar-refractivity contribution is 9.10. The fourth-order valence-electron chi connectivity index (χ4n) is 1.73. The maximum atomic E-state index is 10.7. The first-order valence-electron chi connectivity index (χ1n) is 5.42. The highest BCUT2D eigenvalue weighted by Crippen LogP contribution is 2.27. The molecule has 0 saturated carbocycles. The van der Waals surface area contributed by atoms with E-state index in [1.54, 1.807) is 11.8 Å². The molecular weight excluding hydrogens is 304 g/mol. The Kier molecular flexibility index (Phi) is 4.48. The van der Waals surface area contributed by atoms with Crippen LogP contribution in [0, 0.1) is 0 Å². The predicted octanol–water partition coefficient (Wildman–Crippen LogP) is 3.17. The molecule has 1 fully saturated rings. The summed E-state index contributed by atoms with van der Waals surface area (Å²) in [6.45, 7) is 0. The van der Waals surface area contributed by atoms with Gasteiger partial charge in [-0.3, -0.25) is 0 Å². The molecule has 1 aliphatic heterocycles. The van der Waals surface area contributed by atoms with Gasteiger partial charge in [0.2, 0.25) is 0 Å². The van der Waals surface area contributed by atoms with Gasteiger partial charge in [0, 0.05) is 15.1 Å². The molecule has 3 nitrogen and oxygen atoms in total. The van der Waals surface area contributed by atoms with E-state index in [0.29, 0.717) is 6.42 Å². The normalized spacial score (nSPS) is 23.8. The highest BCUT2D eigenvalue weighted by atomic mass is 79.9. The lowest BCUT2D eigenvalue weighted by Crippen LogP contribution is -2.21. The number of benzene rings is 1. The van der Waals surface area contributed by atoms with Crippen molar-refractivity contribution in [3.05, 3.63) is 28.7 Å². The average molecular weight is 317 g/mol. The minimum absolute atomic E-state index is 0.0600. The van der Waals surface area contributed by atoms with Gasteiger partial charge in [0.05, 0.1) is 6.10 Å². The average Bonchev–Trinajstić information content (AvgIpc) is 2.77. The molecule has 5 heteroatoms. The number of thioether (sulfide) groups is 1. The van der Waals surface area contributed by atoms with Crippen LogP contribution in [0.4, 0.5) is 0 Å². The topological polar surface area (TPSA) is 46.5 Å². The van der Waals surface area contributed by atoms with E-state index in [1.165, 1.54) is 4.90 Å². The molecule has 17 heavy (non-hydrogen) atoms. The minimum Gasteiger partial charge on any atom is -0.479 e. The molecular formula is C12H13BrO3S. The first kappa shape index (κ1) is 12.9. The standard InChI is InChI=1S/C12H13BrO3S/c13-8-1-4-10(5-2-8)17-7-9-3-6-11(16-9)12(14)15/h1-2,4-5,9,11H,3,6-7H2,(H,14,15). The van der Waals surface area contributed by atoms with Crippen molar-refractivity contribution in [2.45, 2.75) is 29.9 Å². The van der Waals surface area contributed by atoms with Crippen LogP contribution < -0.4 is 0 Å². The molecule has 1 aliphatic rings. The molecule has 1 N–H and O–H groups in total. The zero-order chi connectivity index (χ0) is 12.3. The number of halogens is 1. The number of carbonyl (C=O) groups is 1. The number of carboxylic acid groups (broad SMARTS) is 1. The number of carboxylic acids is 1. The SMILES string of the molecule is O=C(O)C1CCC(CSc2ccc(Br)cc2)O1. The van der Waals surface area contributed by atoms with Crippen LogP contribution in [-0.2, 0) is 9.53 Å². The van der Waals surface area contributed by atoms with Crippen LogP contribution >= 0.6 is 27.7 Å². The number of aliphatic carboxylic acids is 1. The monoisotopic (exact) mass is 316 g/mol. The van der Waals surface area contributed by atoms with Crippen LogP contribution in [-0.4, -0.2) is 29.0 Å². The Morgan fingerprint density at radius 3 is 2.71 bits per heavy atom. The van der Waals surface area contributed by atoms with E-state index < -0.39 is 12.1 Å². The molecule has 1 aromatic carbocycles. The van der Waals surface area contributed by atoms with Crippen molar-refractivity contribution < 1.29 is 14.6 Å². The van der Waals surface area contributed by atoms with Gasteiger partial charge in [0.1, 0.15) is 0 Å². The summed E-state index contributed by atoms with van der Waals surface area (Å²) in [5, 5.41) is 8.81. The zero-order valence-corrected chi connectivity index (χ0v) is 11.5. The summed E-state index contributed by atoms with van der Waals surface area (Å²) in [5.74, 6) is -0.0352. The Hall–Kier alpha value is -0.520. The van der Waals surface area contributed by atoms with Gasteiger partial charge in [-0.15, -0.1) is 11.8 Å². The van der Waals surface area contributed by atoms with E-state index in [9.17, 15) is 4.79 Å². The second-order valence-corrected chi connectivity index (χ2v) is 5.94. The second-order valence-electron chi connectivity index (χ2n) is 3.93. The first-order chi connectivity index (χ1) is 8.15. The smallest absolute Gasteiger partial charge is 0.332 e. The molecule has 0 spiro atoms. The van der Waals surface area contributed by atoms with Crippen molar-refractivity contribution in [2.75, 3.05) is 5.75 Å². The summed E-state index contributed by atoms with van der Waals surface area (Å²) in [6.07, 6.45) is 0.914. The van der Waals surface area contributed by atoms with Gasteiger partial charge in [-0.05, 0) is 37.1 Å².